The highest BCUT2D eigenvalue weighted by Gasteiger charge is 2.21. The molecule has 0 unspecified atom stereocenters. The summed E-state index contributed by atoms with van der Waals surface area (Å²) in [6, 6.07) is 2.78. The molecule has 2 rings (SSSR count). The van der Waals surface area contributed by atoms with Crippen LogP contribution < -0.4 is 5.32 Å². The van der Waals surface area contributed by atoms with Crippen LogP contribution in [0.3, 0.4) is 0 Å². The summed E-state index contributed by atoms with van der Waals surface area (Å²) in [6.45, 7) is 0.927. The van der Waals surface area contributed by atoms with Crippen molar-refractivity contribution in [1.82, 2.24) is 15.1 Å². The number of nitrogens with zero attached hydrogens (tertiary/aromatic N) is 2. The van der Waals surface area contributed by atoms with Crippen LogP contribution in [0.4, 0.5) is 0 Å². The average Bonchev–Trinajstić information content (AvgIpc) is 2.35. The van der Waals surface area contributed by atoms with Crippen molar-refractivity contribution in [3.05, 3.63) is 18.0 Å². The van der Waals surface area contributed by atoms with E-state index >= 15 is 0 Å². The monoisotopic (exact) mass is 165 g/mol. The minimum Gasteiger partial charge on any atom is -0.314 e. The van der Waals surface area contributed by atoms with Crippen LogP contribution in [0.5, 0.6) is 0 Å². The third-order valence-electron chi connectivity index (χ3n) is 2.53. The third-order valence-corrected chi connectivity index (χ3v) is 2.53. The summed E-state index contributed by atoms with van der Waals surface area (Å²) >= 11 is 0. The molecule has 1 saturated carbocycles. The van der Waals surface area contributed by atoms with Crippen molar-refractivity contribution in [2.45, 2.75) is 31.8 Å². The van der Waals surface area contributed by atoms with Crippen LogP contribution in [0.15, 0.2) is 12.3 Å². The fraction of sp³-hybridized carbons (Fsp3) is 0.667. The van der Waals surface area contributed by atoms with Crippen molar-refractivity contribution in [1.29, 1.82) is 0 Å². The van der Waals surface area contributed by atoms with Gasteiger partial charge in [0.1, 0.15) is 0 Å². The molecular weight excluding hydrogens is 150 g/mol. The van der Waals surface area contributed by atoms with Crippen LogP contribution in [0.2, 0.25) is 0 Å². The lowest BCUT2D eigenvalue weighted by Gasteiger charge is -2.27. The second-order valence-corrected chi connectivity index (χ2v) is 3.38. The first-order valence-corrected chi connectivity index (χ1v) is 4.59. The molecule has 0 aromatic carbocycles. The molecule has 1 aliphatic carbocycles. The van der Waals surface area contributed by atoms with Gasteiger partial charge >= 0.3 is 0 Å². The molecule has 1 heterocycles. The number of rotatable bonds is 3. The molecule has 0 saturated heterocycles. The van der Waals surface area contributed by atoms with E-state index in [4.69, 9.17) is 0 Å². The lowest BCUT2D eigenvalue weighted by molar-refractivity contribution is 0.281. The van der Waals surface area contributed by atoms with E-state index in [0.717, 1.165) is 6.54 Å². The van der Waals surface area contributed by atoms with Gasteiger partial charge < -0.3 is 5.32 Å². The van der Waals surface area contributed by atoms with Gasteiger partial charge in [0.15, 0.2) is 0 Å². The van der Waals surface area contributed by atoms with Crippen LogP contribution in [-0.2, 0) is 6.54 Å². The highest BCUT2D eigenvalue weighted by atomic mass is 15.3. The molecule has 1 aromatic heterocycles. The van der Waals surface area contributed by atoms with Gasteiger partial charge in [-0.15, -0.1) is 0 Å². The Kier molecular flexibility index (Phi) is 2.13. The predicted octanol–water partition coefficient (Wildman–Crippen LogP) is 1.33. The van der Waals surface area contributed by atoms with Gasteiger partial charge in [0.05, 0.1) is 11.7 Å². The van der Waals surface area contributed by atoms with E-state index in [1.165, 1.54) is 25.0 Å². The smallest absolute Gasteiger partial charge is 0.0525 e. The van der Waals surface area contributed by atoms with E-state index in [1.807, 2.05) is 13.2 Å². The highest BCUT2D eigenvalue weighted by Crippen LogP contribution is 2.31. The molecule has 1 N–H and O–H groups in total. The maximum absolute atomic E-state index is 4.33. The average molecular weight is 165 g/mol. The van der Waals surface area contributed by atoms with Gasteiger partial charge in [-0.1, -0.05) is 0 Å². The summed E-state index contributed by atoms with van der Waals surface area (Å²) in [5.74, 6) is 0. The second kappa shape index (κ2) is 3.27. The summed E-state index contributed by atoms with van der Waals surface area (Å²) < 4.78 is 2.17. The minimum atomic E-state index is 0.684. The maximum Gasteiger partial charge on any atom is 0.0525 e. The molecule has 0 atom stereocenters. The van der Waals surface area contributed by atoms with Crippen LogP contribution >= 0.6 is 0 Å². The topological polar surface area (TPSA) is 29.9 Å². The van der Waals surface area contributed by atoms with E-state index < -0.39 is 0 Å². The second-order valence-electron chi connectivity index (χ2n) is 3.38. The standard InChI is InChI=1S/C9H15N3/c1-10-7-9-5-6-11-12(9)8-3-2-4-8/h5-6,8,10H,2-4,7H2,1H3. The molecule has 1 aromatic rings. The number of aromatic nitrogens is 2. The Labute approximate surface area is 72.8 Å². The molecule has 0 amide bonds. The molecule has 3 heteroatoms. The SMILES string of the molecule is CNCc1ccnn1C1CCC1. The van der Waals surface area contributed by atoms with Gasteiger partial charge in [-0.3, -0.25) is 4.68 Å². The molecule has 12 heavy (non-hydrogen) atoms. The number of hydrogen-bond donors (Lipinski definition) is 1. The van der Waals surface area contributed by atoms with Gasteiger partial charge in [-0.2, -0.15) is 5.10 Å². The first-order chi connectivity index (χ1) is 5.92. The largest absolute Gasteiger partial charge is 0.314 e. The van der Waals surface area contributed by atoms with Crippen LogP contribution in [0.1, 0.15) is 31.0 Å². The van der Waals surface area contributed by atoms with E-state index in [2.05, 4.69) is 21.2 Å². The Morgan fingerprint density at radius 3 is 3.08 bits per heavy atom. The fourth-order valence-corrected chi connectivity index (χ4v) is 1.62. The van der Waals surface area contributed by atoms with Gasteiger partial charge in [-0.05, 0) is 32.4 Å². The first-order valence-electron chi connectivity index (χ1n) is 4.59. The van der Waals surface area contributed by atoms with Crippen molar-refractivity contribution >= 4 is 0 Å². The summed E-state index contributed by atoms with van der Waals surface area (Å²) in [5.41, 5.74) is 1.31. The Morgan fingerprint density at radius 2 is 2.50 bits per heavy atom. The number of hydrogen-bond acceptors (Lipinski definition) is 2. The van der Waals surface area contributed by atoms with Crippen molar-refractivity contribution in [2.24, 2.45) is 0 Å². The normalized spacial score (nSPS) is 17.8. The van der Waals surface area contributed by atoms with Crippen molar-refractivity contribution in [3.8, 4) is 0 Å². The minimum absolute atomic E-state index is 0.684. The molecule has 0 spiro atoms. The van der Waals surface area contributed by atoms with E-state index in [0.29, 0.717) is 6.04 Å². The molecule has 66 valence electrons. The number of nitrogens with one attached hydrogen (secondary N) is 1. The highest BCUT2D eigenvalue weighted by molar-refractivity contribution is 5.02. The first kappa shape index (κ1) is 7.80. The zero-order chi connectivity index (χ0) is 8.39. The van der Waals surface area contributed by atoms with Gasteiger partial charge in [0.25, 0.3) is 0 Å². The zero-order valence-corrected chi connectivity index (χ0v) is 7.45. The van der Waals surface area contributed by atoms with Crippen LogP contribution in [0, 0.1) is 0 Å². The molecular formula is C9H15N3. The lowest BCUT2D eigenvalue weighted by atomic mass is 9.93. The van der Waals surface area contributed by atoms with Crippen LogP contribution in [0.25, 0.3) is 0 Å². The zero-order valence-electron chi connectivity index (χ0n) is 7.45. The molecule has 3 nitrogen and oxygen atoms in total. The quantitative estimate of drug-likeness (QED) is 0.732. The summed E-state index contributed by atoms with van der Waals surface area (Å²) in [7, 11) is 1.97. The summed E-state index contributed by atoms with van der Waals surface area (Å²) in [5, 5.41) is 7.49. The lowest BCUT2D eigenvalue weighted by Crippen LogP contribution is -2.22. The molecule has 1 aliphatic rings. The Morgan fingerprint density at radius 1 is 1.67 bits per heavy atom. The fourth-order valence-electron chi connectivity index (χ4n) is 1.62. The van der Waals surface area contributed by atoms with Crippen molar-refractivity contribution < 1.29 is 0 Å². The molecule has 1 fully saturated rings. The van der Waals surface area contributed by atoms with Gasteiger partial charge in [0.2, 0.25) is 0 Å². The molecule has 0 bridgehead atoms. The van der Waals surface area contributed by atoms with Crippen LogP contribution in [-0.4, -0.2) is 16.8 Å². The van der Waals surface area contributed by atoms with Gasteiger partial charge in [-0.25, -0.2) is 0 Å². The van der Waals surface area contributed by atoms with E-state index in [9.17, 15) is 0 Å². The Balaban J connectivity index is 2.12. The molecule has 0 aliphatic heterocycles. The Hall–Kier alpha value is -0.830. The summed E-state index contributed by atoms with van der Waals surface area (Å²) in [6.07, 6.45) is 5.87. The summed E-state index contributed by atoms with van der Waals surface area (Å²) in [4.78, 5) is 0. The third kappa shape index (κ3) is 1.25. The molecule has 0 radical (unpaired) electrons. The van der Waals surface area contributed by atoms with Crippen molar-refractivity contribution in [3.63, 3.8) is 0 Å². The van der Waals surface area contributed by atoms with E-state index in [-0.39, 0.29) is 0 Å². The van der Waals surface area contributed by atoms with E-state index in [1.54, 1.807) is 0 Å². The maximum atomic E-state index is 4.33. The Bertz CT molecular complexity index is 250. The van der Waals surface area contributed by atoms with Gasteiger partial charge in [0, 0.05) is 12.7 Å². The van der Waals surface area contributed by atoms with Crippen molar-refractivity contribution in [2.75, 3.05) is 7.05 Å². The predicted molar refractivity (Wildman–Crippen MR) is 47.9 cm³/mol.